The number of methoxy groups -OCH3 is 2. The van der Waals surface area contributed by atoms with Crippen molar-refractivity contribution in [3.8, 4) is 11.6 Å². The predicted molar refractivity (Wildman–Crippen MR) is 61.4 cm³/mol. The van der Waals surface area contributed by atoms with Gasteiger partial charge in [-0.25, -0.2) is 4.98 Å². The van der Waals surface area contributed by atoms with Crippen LogP contribution < -0.4 is 15.2 Å². The van der Waals surface area contributed by atoms with Crippen molar-refractivity contribution in [3.05, 3.63) is 17.8 Å². The first-order chi connectivity index (χ1) is 8.12. The molecule has 1 rings (SSSR count). The van der Waals surface area contributed by atoms with Crippen molar-refractivity contribution >= 4 is 5.97 Å². The second-order valence-electron chi connectivity index (χ2n) is 3.50. The van der Waals surface area contributed by atoms with Crippen molar-refractivity contribution in [3.63, 3.8) is 0 Å². The van der Waals surface area contributed by atoms with Crippen LogP contribution in [-0.4, -0.2) is 36.8 Å². The second-order valence-corrected chi connectivity index (χ2v) is 3.50. The van der Waals surface area contributed by atoms with Crippen LogP contribution in [0.4, 0.5) is 0 Å². The minimum absolute atomic E-state index is 0.0555. The summed E-state index contributed by atoms with van der Waals surface area (Å²) in [6, 6.07) is 1.65. The topological polar surface area (TPSA) is 94.7 Å². The predicted octanol–water partition coefficient (Wildman–Crippen LogP) is 0.616. The Balaban J connectivity index is 3.09. The highest BCUT2D eigenvalue weighted by molar-refractivity contribution is 5.68. The van der Waals surface area contributed by atoms with Crippen LogP contribution in [0.5, 0.6) is 11.6 Å². The molecule has 0 bridgehead atoms. The number of carboxylic acids is 1. The second kappa shape index (κ2) is 6.05. The maximum atomic E-state index is 10.8. The van der Waals surface area contributed by atoms with Gasteiger partial charge in [-0.3, -0.25) is 4.79 Å². The molecule has 0 aliphatic rings. The molecule has 0 aromatic carbocycles. The van der Waals surface area contributed by atoms with E-state index in [0.29, 0.717) is 17.2 Å². The summed E-state index contributed by atoms with van der Waals surface area (Å²) in [6.07, 6.45) is 1.44. The average molecular weight is 240 g/mol. The zero-order valence-corrected chi connectivity index (χ0v) is 9.84. The van der Waals surface area contributed by atoms with Gasteiger partial charge < -0.3 is 20.3 Å². The number of hydrogen-bond acceptors (Lipinski definition) is 5. The molecule has 0 spiro atoms. The Bertz CT molecular complexity index is 395. The molecular formula is C11H16N2O4. The first-order valence-electron chi connectivity index (χ1n) is 5.12. The lowest BCUT2D eigenvalue weighted by Gasteiger charge is -2.16. The number of carboxylic acid groups (broad SMARTS) is 1. The molecule has 0 saturated heterocycles. The molecule has 0 fully saturated rings. The van der Waals surface area contributed by atoms with Crippen molar-refractivity contribution in [2.24, 2.45) is 5.73 Å². The Hall–Kier alpha value is -1.82. The maximum absolute atomic E-state index is 10.8. The van der Waals surface area contributed by atoms with E-state index in [4.69, 9.17) is 20.3 Å². The summed E-state index contributed by atoms with van der Waals surface area (Å²) in [5, 5.41) is 8.82. The number of ether oxygens (including phenoxy) is 2. The molecule has 1 atom stereocenters. The molecule has 1 aromatic heterocycles. The van der Waals surface area contributed by atoms with Crippen LogP contribution in [0.25, 0.3) is 0 Å². The molecule has 1 aromatic rings. The van der Waals surface area contributed by atoms with E-state index in [0.717, 1.165) is 0 Å². The minimum Gasteiger partial charge on any atom is -0.495 e. The molecular weight excluding hydrogens is 224 g/mol. The van der Waals surface area contributed by atoms with Gasteiger partial charge in [-0.2, -0.15) is 0 Å². The SMILES string of the molecule is COc1cc(C(CN)CC(=O)O)c(OC)cn1. The third-order valence-corrected chi connectivity index (χ3v) is 2.45. The molecule has 0 aliphatic carbocycles. The number of aliphatic carboxylic acids is 1. The fraction of sp³-hybridized carbons (Fsp3) is 0.455. The van der Waals surface area contributed by atoms with E-state index in [2.05, 4.69) is 4.98 Å². The van der Waals surface area contributed by atoms with E-state index in [9.17, 15) is 4.79 Å². The number of hydrogen-bond donors (Lipinski definition) is 2. The largest absolute Gasteiger partial charge is 0.495 e. The van der Waals surface area contributed by atoms with Gasteiger partial charge in [0.2, 0.25) is 5.88 Å². The summed E-state index contributed by atoms with van der Waals surface area (Å²) in [4.78, 5) is 14.7. The van der Waals surface area contributed by atoms with Gasteiger partial charge >= 0.3 is 5.97 Å². The number of carbonyl (C=O) groups is 1. The number of aromatic nitrogens is 1. The Morgan fingerprint density at radius 2 is 2.24 bits per heavy atom. The van der Waals surface area contributed by atoms with E-state index < -0.39 is 5.97 Å². The van der Waals surface area contributed by atoms with Gasteiger partial charge in [0.05, 0.1) is 26.8 Å². The fourth-order valence-electron chi connectivity index (χ4n) is 1.57. The molecule has 0 aliphatic heterocycles. The quantitative estimate of drug-likeness (QED) is 0.756. The lowest BCUT2D eigenvalue weighted by Crippen LogP contribution is -2.17. The zero-order valence-electron chi connectivity index (χ0n) is 9.84. The summed E-state index contributed by atoms with van der Waals surface area (Å²) < 4.78 is 10.1. The van der Waals surface area contributed by atoms with E-state index in [1.165, 1.54) is 20.4 Å². The normalized spacial score (nSPS) is 11.9. The first kappa shape index (κ1) is 13.2. The molecule has 1 heterocycles. The summed E-state index contributed by atoms with van der Waals surface area (Å²) in [5.41, 5.74) is 6.29. The lowest BCUT2D eigenvalue weighted by atomic mass is 9.96. The molecule has 6 heteroatoms. The Labute approximate surface area is 99.4 Å². The number of nitrogens with two attached hydrogens (primary N) is 1. The molecule has 6 nitrogen and oxygen atoms in total. The van der Waals surface area contributed by atoms with E-state index in [1.54, 1.807) is 6.07 Å². The number of nitrogens with zero attached hydrogens (tertiary/aromatic N) is 1. The maximum Gasteiger partial charge on any atom is 0.304 e. The smallest absolute Gasteiger partial charge is 0.304 e. The first-order valence-corrected chi connectivity index (χ1v) is 5.12. The number of rotatable bonds is 6. The van der Waals surface area contributed by atoms with Gasteiger partial charge in [-0.05, 0) is 6.54 Å². The van der Waals surface area contributed by atoms with Crippen molar-refractivity contribution in [2.45, 2.75) is 12.3 Å². The summed E-state index contributed by atoms with van der Waals surface area (Å²) in [5.74, 6) is -0.301. The minimum atomic E-state index is -0.904. The lowest BCUT2D eigenvalue weighted by molar-refractivity contribution is -0.137. The van der Waals surface area contributed by atoms with E-state index in [-0.39, 0.29) is 18.9 Å². The van der Waals surface area contributed by atoms with Gasteiger partial charge in [-0.15, -0.1) is 0 Å². The average Bonchev–Trinajstić information content (AvgIpc) is 2.34. The highest BCUT2D eigenvalue weighted by Gasteiger charge is 2.19. The number of pyridine rings is 1. The summed E-state index contributed by atoms with van der Waals surface area (Å²) >= 11 is 0. The van der Waals surface area contributed by atoms with Crippen molar-refractivity contribution in [1.29, 1.82) is 0 Å². The molecule has 17 heavy (non-hydrogen) atoms. The van der Waals surface area contributed by atoms with Crippen LogP contribution in [-0.2, 0) is 4.79 Å². The molecule has 94 valence electrons. The van der Waals surface area contributed by atoms with Gasteiger partial charge in [0.15, 0.2) is 0 Å². The van der Waals surface area contributed by atoms with Crippen molar-refractivity contribution in [2.75, 3.05) is 20.8 Å². The molecule has 0 radical (unpaired) electrons. The Morgan fingerprint density at radius 3 is 2.71 bits per heavy atom. The Morgan fingerprint density at radius 1 is 1.53 bits per heavy atom. The van der Waals surface area contributed by atoms with Crippen LogP contribution in [0.3, 0.4) is 0 Å². The van der Waals surface area contributed by atoms with Crippen LogP contribution in [0.1, 0.15) is 17.9 Å². The summed E-state index contributed by atoms with van der Waals surface area (Å²) in [6.45, 7) is 0.218. The van der Waals surface area contributed by atoms with Crippen molar-refractivity contribution in [1.82, 2.24) is 4.98 Å². The third-order valence-electron chi connectivity index (χ3n) is 2.45. The molecule has 0 saturated carbocycles. The van der Waals surface area contributed by atoms with Gasteiger partial charge in [0.25, 0.3) is 0 Å². The van der Waals surface area contributed by atoms with Gasteiger partial charge in [-0.1, -0.05) is 0 Å². The van der Waals surface area contributed by atoms with Crippen LogP contribution in [0.2, 0.25) is 0 Å². The molecule has 0 amide bonds. The van der Waals surface area contributed by atoms with E-state index >= 15 is 0 Å². The van der Waals surface area contributed by atoms with Crippen LogP contribution in [0, 0.1) is 0 Å². The van der Waals surface area contributed by atoms with E-state index in [1.807, 2.05) is 0 Å². The third kappa shape index (κ3) is 3.32. The monoisotopic (exact) mass is 240 g/mol. The van der Waals surface area contributed by atoms with Crippen LogP contribution in [0.15, 0.2) is 12.3 Å². The van der Waals surface area contributed by atoms with Crippen molar-refractivity contribution < 1.29 is 19.4 Å². The highest BCUT2D eigenvalue weighted by atomic mass is 16.5. The molecule has 1 unspecified atom stereocenters. The van der Waals surface area contributed by atoms with Gasteiger partial charge in [0, 0.05) is 17.5 Å². The Kier molecular flexibility index (Phi) is 4.71. The van der Waals surface area contributed by atoms with Crippen LogP contribution >= 0.6 is 0 Å². The highest BCUT2D eigenvalue weighted by Crippen LogP contribution is 2.30. The standard InChI is InChI=1S/C11H16N2O4/c1-16-9-6-13-10(17-2)4-8(9)7(5-12)3-11(14)15/h4,6-7H,3,5,12H2,1-2H3,(H,14,15). The summed E-state index contributed by atoms with van der Waals surface area (Å²) in [7, 11) is 2.99. The fourth-order valence-corrected chi connectivity index (χ4v) is 1.57. The van der Waals surface area contributed by atoms with Gasteiger partial charge in [0.1, 0.15) is 5.75 Å². The molecule has 3 N–H and O–H groups in total. The zero-order chi connectivity index (χ0) is 12.8.